The van der Waals surface area contributed by atoms with E-state index >= 15 is 0 Å². The Morgan fingerprint density at radius 1 is 1.16 bits per heavy atom. The van der Waals surface area contributed by atoms with Crippen molar-refractivity contribution in [2.45, 2.75) is 13.8 Å². The lowest BCUT2D eigenvalue weighted by atomic mass is 9.98. The summed E-state index contributed by atoms with van der Waals surface area (Å²) < 4.78 is 17.8. The number of ketones is 1. The second-order valence-electron chi connectivity index (χ2n) is 5.48. The van der Waals surface area contributed by atoms with Crippen molar-refractivity contribution >= 4 is 27.8 Å². The number of benzene rings is 2. The van der Waals surface area contributed by atoms with E-state index in [1.807, 2.05) is 50.3 Å². The van der Waals surface area contributed by atoms with Crippen LogP contribution in [0.3, 0.4) is 0 Å². The van der Waals surface area contributed by atoms with E-state index in [9.17, 15) is 4.79 Å². The molecular formula is C20H19BrO4. The van der Waals surface area contributed by atoms with Gasteiger partial charge in [0.2, 0.25) is 0 Å². The van der Waals surface area contributed by atoms with Gasteiger partial charge in [0.15, 0.2) is 17.3 Å². The summed E-state index contributed by atoms with van der Waals surface area (Å²) in [6, 6.07) is 11.1. The highest BCUT2D eigenvalue weighted by Crippen LogP contribution is 2.38. The zero-order valence-electron chi connectivity index (χ0n) is 14.2. The number of hydrogen-bond donors (Lipinski definition) is 0. The molecule has 0 amide bonds. The fourth-order valence-electron chi connectivity index (χ4n) is 2.70. The molecule has 2 aromatic carbocycles. The molecule has 4 nitrogen and oxygen atoms in total. The fourth-order valence-corrected chi connectivity index (χ4v) is 3.28. The van der Waals surface area contributed by atoms with Crippen LogP contribution in [0.2, 0.25) is 0 Å². The van der Waals surface area contributed by atoms with Crippen molar-refractivity contribution in [3.63, 3.8) is 0 Å². The number of fused-ring (bicyclic) bond motifs is 1. The Kier molecular flexibility index (Phi) is 5.43. The normalized spacial score (nSPS) is 14.8. The highest BCUT2D eigenvalue weighted by molar-refractivity contribution is 9.10. The first-order chi connectivity index (χ1) is 12.1. The summed E-state index contributed by atoms with van der Waals surface area (Å²) in [4.78, 5) is 12.7. The molecule has 1 heterocycles. The zero-order chi connectivity index (χ0) is 17.8. The molecule has 130 valence electrons. The van der Waals surface area contributed by atoms with Gasteiger partial charge >= 0.3 is 0 Å². The summed E-state index contributed by atoms with van der Waals surface area (Å²) in [5.41, 5.74) is 2.05. The third kappa shape index (κ3) is 3.71. The molecule has 0 bridgehead atoms. The molecule has 1 aliphatic rings. The number of carbonyl (C=O) groups is 1. The van der Waals surface area contributed by atoms with Gasteiger partial charge < -0.3 is 14.2 Å². The Hall–Kier alpha value is -2.27. The van der Waals surface area contributed by atoms with Crippen LogP contribution in [0.4, 0.5) is 0 Å². The first kappa shape index (κ1) is 17.5. The highest BCUT2D eigenvalue weighted by atomic mass is 79.9. The Bertz CT molecular complexity index is 826. The van der Waals surface area contributed by atoms with E-state index in [4.69, 9.17) is 14.2 Å². The van der Waals surface area contributed by atoms with Crippen molar-refractivity contribution in [3.05, 3.63) is 57.6 Å². The van der Waals surface area contributed by atoms with Gasteiger partial charge in [-0.3, -0.25) is 4.79 Å². The predicted octanol–water partition coefficient (Wildman–Crippen LogP) is 4.91. The van der Waals surface area contributed by atoms with Crippen LogP contribution in [-0.2, 0) is 0 Å². The molecule has 0 spiro atoms. The summed E-state index contributed by atoms with van der Waals surface area (Å²) in [6.07, 6.45) is 1.83. The first-order valence-corrected chi connectivity index (χ1v) is 8.99. The van der Waals surface area contributed by atoms with E-state index in [2.05, 4.69) is 15.9 Å². The summed E-state index contributed by atoms with van der Waals surface area (Å²) in [5, 5.41) is 0. The molecule has 0 unspecified atom stereocenters. The standard InChI is InChI=1S/C20H19BrO4/c1-3-23-18-11-13(10-16(21)20(18)24-4-2)9-14-12-25-17-8-6-5-7-15(17)19(14)22/h5-11H,3-4,12H2,1-2H3/b14-9+. The van der Waals surface area contributed by atoms with Crippen LogP contribution in [0.5, 0.6) is 17.2 Å². The number of carbonyl (C=O) groups excluding carboxylic acids is 1. The second-order valence-corrected chi connectivity index (χ2v) is 6.33. The van der Waals surface area contributed by atoms with Crippen LogP contribution >= 0.6 is 15.9 Å². The number of halogens is 1. The van der Waals surface area contributed by atoms with Gasteiger partial charge in [-0.2, -0.15) is 0 Å². The predicted molar refractivity (Wildman–Crippen MR) is 101 cm³/mol. The van der Waals surface area contributed by atoms with E-state index in [-0.39, 0.29) is 12.4 Å². The first-order valence-electron chi connectivity index (χ1n) is 8.20. The lowest BCUT2D eigenvalue weighted by Gasteiger charge is -2.19. The van der Waals surface area contributed by atoms with Gasteiger partial charge in [0.1, 0.15) is 12.4 Å². The number of hydrogen-bond acceptors (Lipinski definition) is 4. The SMILES string of the molecule is CCOc1cc(/C=C2\COc3ccccc3C2=O)cc(Br)c1OCC. The molecule has 5 heteroatoms. The van der Waals surface area contributed by atoms with Gasteiger partial charge in [-0.1, -0.05) is 12.1 Å². The lowest BCUT2D eigenvalue weighted by molar-refractivity contribution is 0.100. The van der Waals surface area contributed by atoms with Crippen molar-refractivity contribution in [2.24, 2.45) is 0 Å². The van der Waals surface area contributed by atoms with Crippen molar-refractivity contribution in [3.8, 4) is 17.2 Å². The minimum atomic E-state index is -0.00943. The minimum absolute atomic E-state index is 0.00943. The molecule has 0 saturated heterocycles. The third-order valence-electron chi connectivity index (χ3n) is 3.77. The number of rotatable bonds is 5. The quantitative estimate of drug-likeness (QED) is 0.666. The van der Waals surface area contributed by atoms with Gasteiger partial charge in [0.05, 0.1) is 23.2 Å². The van der Waals surface area contributed by atoms with Gasteiger partial charge in [-0.05, 0) is 65.7 Å². The average Bonchev–Trinajstić information content (AvgIpc) is 2.61. The molecule has 3 rings (SSSR count). The van der Waals surface area contributed by atoms with E-state index in [0.717, 1.165) is 10.0 Å². The van der Waals surface area contributed by atoms with Gasteiger partial charge in [-0.15, -0.1) is 0 Å². The van der Waals surface area contributed by atoms with Crippen molar-refractivity contribution in [2.75, 3.05) is 19.8 Å². The molecule has 0 saturated carbocycles. The smallest absolute Gasteiger partial charge is 0.196 e. The van der Waals surface area contributed by atoms with Crippen LogP contribution in [0.25, 0.3) is 6.08 Å². The Labute approximate surface area is 155 Å². The van der Waals surface area contributed by atoms with Crippen LogP contribution in [-0.4, -0.2) is 25.6 Å². The summed E-state index contributed by atoms with van der Waals surface area (Å²) in [6.45, 7) is 5.17. The maximum absolute atomic E-state index is 12.7. The molecule has 0 aromatic heterocycles. The summed E-state index contributed by atoms with van der Waals surface area (Å²) in [5.74, 6) is 1.94. The molecule has 0 atom stereocenters. The van der Waals surface area contributed by atoms with E-state index in [1.165, 1.54) is 0 Å². The fraction of sp³-hybridized carbons (Fsp3) is 0.250. The van der Waals surface area contributed by atoms with Gasteiger partial charge in [-0.25, -0.2) is 0 Å². The molecule has 25 heavy (non-hydrogen) atoms. The lowest BCUT2D eigenvalue weighted by Crippen LogP contribution is -2.18. The van der Waals surface area contributed by atoms with Gasteiger partial charge in [0, 0.05) is 5.57 Å². The topological polar surface area (TPSA) is 44.8 Å². The van der Waals surface area contributed by atoms with Crippen LogP contribution in [0.1, 0.15) is 29.8 Å². The molecule has 1 aliphatic heterocycles. The van der Waals surface area contributed by atoms with Crippen molar-refractivity contribution < 1.29 is 19.0 Å². The zero-order valence-corrected chi connectivity index (χ0v) is 15.8. The number of para-hydroxylation sites is 1. The molecule has 0 N–H and O–H groups in total. The molecule has 0 radical (unpaired) electrons. The maximum Gasteiger partial charge on any atom is 0.196 e. The van der Waals surface area contributed by atoms with E-state index < -0.39 is 0 Å². The van der Waals surface area contributed by atoms with Crippen molar-refractivity contribution in [1.29, 1.82) is 0 Å². The summed E-state index contributed by atoms with van der Waals surface area (Å²) >= 11 is 3.52. The minimum Gasteiger partial charge on any atom is -0.490 e. The number of Topliss-reactive ketones (excluding diaryl/α,β-unsaturated/α-hetero) is 1. The average molecular weight is 403 g/mol. The van der Waals surface area contributed by atoms with Crippen molar-refractivity contribution in [1.82, 2.24) is 0 Å². The Morgan fingerprint density at radius 3 is 2.68 bits per heavy atom. The maximum atomic E-state index is 12.7. The van der Waals surface area contributed by atoms with Crippen LogP contribution < -0.4 is 14.2 Å². The third-order valence-corrected chi connectivity index (χ3v) is 4.36. The van der Waals surface area contributed by atoms with Gasteiger partial charge in [0.25, 0.3) is 0 Å². The molecular weight excluding hydrogens is 384 g/mol. The molecule has 2 aromatic rings. The Morgan fingerprint density at radius 2 is 1.92 bits per heavy atom. The van der Waals surface area contributed by atoms with Crippen LogP contribution in [0, 0.1) is 0 Å². The largest absolute Gasteiger partial charge is 0.490 e. The molecule has 0 fully saturated rings. The molecule has 0 aliphatic carbocycles. The van der Waals surface area contributed by atoms with Crippen LogP contribution in [0.15, 0.2) is 46.4 Å². The Balaban J connectivity index is 1.97. The second kappa shape index (κ2) is 7.74. The van der Waals surface area contributed by atoms with E-state index in [0.29, 0.717) is 41.6 Å². The highest BCUT2D eigenvalue weighted by Gasteiger charge is 2.23. The van der Waals surface area contributed by atoms with E-state index in [1.54, 1.807) is 6.07 Å². The summed E-state index contributed by atoms with van der Waals surface area (Å²) in [7, 11) is 0. The number of ether oxygens (including phenoxy) is 3. The monoisotopic (exact) mass is 402 g/mol.